The van der Waals surface area contributed by atoms with Crippen LogP contribution in [0.5, 0.6) is 0 Å². The lowest BCUT2D eigenvalue weighted by molar-refractivity contribution is 0.0662. The molecule has 0 saturated carbocycles. The Morgan fingerprint density at radius 2 is 2.11 bits per heavy atom. The van der Waals surface area contributed by atoms with Gasteiger partial charge in [0.2, 0.25) is 0 Å². The van der Waals surface area contributed by atoms with Gasteiger partial charge in [0.05, 0.1) is 10.6 Å². The maximum Gasteiger partial charge on any atom is 0.267 e. The molecular formula is C11H16ClN5O. The fourth-order valence-electron chi connectivity index (χ4n) is 1.75. The third-order valence-corrected chi connectivity index (χ3v) is 3.19. The number of carbonyl (C=O) groups is 1. The summed E-state index contributed by atoms with van der Waals surface area (Å²) in [6.45, 7) is 3.43. The van der Waals surface area contributed by atoms with E-state index in [1.54, 1.807) is 0 Å². The quantitative estimate of drug-likeness (QED) is 0.803. The predicted molar refractivity (Wildman–Crippen MR) is 70.2 cm³/mol. The highest BCUT2D eigenvalue weighted by Crippen LogP contribution is 2.16. The van der Waals surface area contributed by atoms with Crippen molar-refractivity contribution in [2.24, 2.45) is 0 Å². The minimum absolute atomic E-state index is 0.251. The number of piperazine rings is 1. The third-order valence-electron chi connectivity index (χ3n) is 2.88. The second-order valence-corrected chi connectivity index (χ2v) is 4.73. The number of aromatic nitrogens is 1. The Morgan fingerprint density at radius 1 is 1.44 bits per heavy atom. The average molecular weight is 270 g/mol. The van der Waals surface area contributed by atoms with E-state index in [0.717, 1.165) is 26.2 Å². The molecule has 98 valence electrons. The van der Waals surface area contributed by atoms with Crippen molar-refractivity contribution in [1.82, 2.24) is 20.3 Å². The van der Waals surface area contributed by atoms with Crippen LogP contribution in [0.4, 0.5) is 5.82 Å². The highest BCUT2D eigenvalue weighted by atomic mass is 35.5. The van der Waals surface area contributed by atoms with Crippen LogP contribution in [0.25, 0.3) is 0 Å². The fraction of sp³-hybridized carbons (Fsp3) is 0.455. The van der Waals surface area contributed by atoms with Gasteiger partial charge in [-0.3, -0.25) is 10.2 Å². The summed E-state index contributed by atoms with van der Waals surface area (Å²) in [6, 6.07) is 1.48. The minimum atomic E-state index is -0.251. The summed E-state index contributed by atoms with van der Waals surface area (Å²) in [5, 5.41) is 2.19. The molecule has 3 N–H and O–H groups in total. The molecule has 0 spiro atoms. The van der Waals surface area contributed by atoms with Crippen molar-refractivity contribution in [2.75, 3.05) is 39.0 Å². The molecule has 0 unspecified atom stereocenters. The van der Waals surface area contributed by atoms with E-state index in [1.165, 1.54) is 12.3 Å². The zero-order valence-corrected chi connectivity index (χ0v) is 10.9. The topological polar surface area (TPSA) is 74.5 Å². The molecule has 1 amide bonds. The first kappa shape index (κ1) is 13.1. The van der Waals surface area contributed by atoms with E-state index in [-0.39, 0.29) is 11.7 Å². The summed E-state index contributed by atoms with van der Waals surface area (Å²) in [6.07, 6.45) is 1.38. The van der Waals surface area contributed by atoms with Crippen molar-refractivity contribution in [1.29, 1.82) is 0 Å². The van der Waals surface area contributed by atoms with Crippen LogP contribution >= 0.6 is 11.6 Å². The Labute approximate surface area is 111 Å². The lowest BCUT2D eigenvalue weighted by Gasteiger charge is -2.32. The lowest BCUT2D eigenvalue weighted by atomic mass is 10.2. The molecular weight excluding hydrogens is 254 g/mol. The van der Waals surface area contributed by atoms with Crippen LogP contribution in [-0.2, 0) is 0 Å². The molecule has 0 bridgehead atoms. The number of carbonyl (C=O) groups excluding carboxylic acids is 1. The average Bonchev–Trinajstić information content (AvgIpc) is 2.35. The van der Waals surface area contributed by atoms with Crippen LogP contribution in [0.3, 0.4) is 0 Å². The number of pyridine rings is 1. The molecule has 1 aromatic heterocycles. The zero-order chi connectivity index (χ0) is 13.1. The van der Waals surface area contributed by atoms with Crippen molar-refractivity contribution in [3.63, 3.8) is 0 Å². The molecule has 6 nitrogen and oxygen atoms in total. The largest absolute Gasteiger partial charge is 0.384 e. The molecule has 0 radical (unpaired) electrons. The van der Waals surface area contributed by atoms with Gasteiger partial charge < -0.3 is 10.6 Å². The van der Waals surface area contributed by atoms with Crippen molar-refractivity contribution < 1.29 is 4.79 Å². The SMILES string of the molecule is CN1CCN(NC(=O)c2cc(N)ncc2Cl)CC1. The summed E-state index contributed by atoms with van der Waals surface area (Å²) in [4.78, 5) is 18.1. The number of nitrogens with zero attached hydrogens (tertiary/aromatic N) is 3. The molecule has 0 atom stereocenters. The van der Waals surface area contributed by atoms with Gasteiger partial charge in [-0.1, -0.05) is 11.6 Å². The smallest absolute Gasteiger partial charge is 0.267 e. The van der Waals surface area contributed by atoms with Gasteiger partial charge in [0, 0.05) is 32.4 Å². The van der Waals surface area contributed by atoms with Gasteiger partial charge >= 0.3 is 0 Å². The molecule has 0 aliphatic carbocycles. The molecule has 1 aromatic rings. The number of nitrogens with two attached hydrogens (primary N) is 1. The van der Waals surface area contributed by atoms with E-state index in [4.69, 9.17) is 17.3 Å². The Kier molecular flexibility index (Phi) is 4.00. The van der Waals surface area contributed by atoms with Gasteiger partial charge in [-0.2, -0.15) is 0 Å². The zero-order valence-electron chi connectivity index (χ0n) is 10.2. The van der Waals surface area contributed by atoms with E-state index >= 15 is 0 Å². The summed E-state index contributed by atoms with van der Waals surface area (Å²) in [5.74, 6) is 0.0292. The van der Waals surface area contributed by atoms with E-state index in [9.17, 15) is 4.79 Å². The molecule has 0 aromatic carbocycles. The van der Waals surface area contributed by atoms with Gasteiger partial charge in [0.1, 0.15) is 5.82 Å². The first-order valence-electron chi connectivity index (χ1n) is 5.72. The number of nitrogen functional groups attached to an aromatic ring is 1. The molecule has 1 aliphatic rings. The fourth-order valence-corrected chi connectivity index (χ4v) is 1.94. The number of hydrogen-bond donors (Lipinski definition) is 2. The number of hydrogen-bond acceptors (Lipinski definition) is 5. The van der Waals surface area contributed by atoms with Gasteiger partial charge in [-0.05, 0) is 13.1 Å². The van der Waals surface area contributed by atoms with Crippen LogP contribution in [-0.4, -0.2) is 54.0 Å². The maximum absolute atomic E-state index is 12.0. The van der Waals surface area contributed by atoms with Crippen LogP contribution < -0.4 is 11.2 Å². The number of rotatable bonds is 2. The molecule has 1 aliphatic heterocycles. The van der Waals surface area contributed by atoms with E-state index in [1.807, 2.05) is 5.01 Å². The van der Waals surface area contributed by atoms with Crippen LogP contribution in [0.1, 0.15) is 10.4 Å². The number of likely N-dealkylation sites (N-methyl/N-ethyl adjacent to an activating group) is 1. The predicted octanol–water partition coefficient (Wildman–Crippen LogP) is 0.209. The second-order valence-electron chi connectivity index (χ2n) is 4.32. The van der Waals surface area contributed by atoms with Crippen LogP contribution in [0, 0.1) is 0 Å². The molecule has 2 heterocycles. The number of anilines is 1. The second kappa shape index (κ2) is 5.51. The summed E-state index contributed by atoms with van der Waals surface area (Å²) >= 11 is 5.93. The van der Waals surface area contributed by atoms with Crippen molar-refractivity contribution in [3.05, 3.63) is 22.8 Å². The molecule has 2 rings (SSSR count). The maximum atomic E-state index is 12.0. The number of amides is 1. The van der Waals surface area contributed by atoms with Crippen molar-refractivity contribution in [3.8, 4) is 0 Å². The monoisotopic (exact) mass is 269 g/mol. The number of nitrogens with one attached hydrogen (secondary N) is 1. The number of halogens is 1. The Bertz CT molecular complexity index is 445. The van der Waals surface area contributed by atoms with Gasteiger partial charge in [-0.15, -0.1) is 0 Å². The van der Waals surface area contributed by atoms with Gasteiger partial charge in [0.15, 0.2) is 0 Å². The molecule has 18 heavy (non-hydrogen) atoms. The molecule has 1 saturated heterocycles. The Morgan fingerprint density at radius 3 is 2.78 bits per heavy atom. The van der Waals surface area contributed by atoms with Crippen LogP contribution in [0.2, 0.25) is 5.02 Å². The first-order chi connectivity index (χ1) is 8.56. The van der Waals surface area contributed by atoms with Crippen LogP contribution in [0.15, 0.2) is 12.3 Å². The number of hydrazine groups is 1. The normalized spacial score (nSPS) is 17.7. The van der Waals surface area contributed by atoms with E-state index in [0.29, 0.717) is 10.6 Å². The van der Waals surface area contributed by atoms with E-state index in [2.05, 4.69) is 22.4 Å². The Balaban J connectivity index is 2.01. The summed E-state index contributed by atoms with van der Waals surface area (Å²) in [7, 11) is 2.06. The summed E-state index contributed by atoms with van der Waals surface area (Å²) in [5.41, 5.74) is 8.72. The molecule has 7 heteroatoms. The minimum Gasteiger partial charge on any atom is -0.384 e. The van der Waals surface area contributed by atoms with Crippen molar-refractivity contribution in [2.45, 2.75) is 0 Å². The lowest BCUT2D eigenvalue weighted by Crippen LogP contribution is -2.52. The van der Waals surface area contributed by atoms with E-state index < -0.39 is 0 Å². The Hall–Kier alpha value is -1.37. The summed E-state index contributed by atoms with van der Waals surface area (Å²) < 4.78 is 0. The van der Waals surface area contributed by atoms with Crippen molar-refractivity contribution >= 4 is 23.3 Å². The highest BCUT2D eigenvalue weighted by molar-refractivity contribution is 6.33. The van der Waals surface area contributed by atoms with Gasteiger partial charge in [0.25, 0.3) is 5.91 Å². The standard InChI is InChI=1S/C11H16ClN5O/c1-16-2-4-17(5-3-16)15-11(18)8-6-10(13)14-7-9(8)12/h6-7H,2-5H2,1H3,(H2,13,14)(H,15,18). The highest BCUT2D eigenvalue weighted by Gasteiger charge is 2.18. The third kappa shape index (κ3) is 3.10. The first-order valence-corrected chi connectivity index (χ1v) is 6.09. The van der Waals surface area contributed by atoms with Gasteiger partial charge in [-0.25, -0.2) is 9.99 Å². The molecule has 1 fully saturated rings.